The largest absolute Gasteiger partial charge is 0.487 e. The number of nitrogens with zero attached hydrogens (tertiary/aromatic N) is 2. The van der Waals surface area contributed by atoms with Crippen LogP contribution in [0.25, 0.3) is 11.3 Å². The zero-order chi connectivity index (χ0) is 22.6. The maximum Gasteiger partial charge on any atom is 0.156 e. The minimum atomic E-state index is -3.12. The van der Waals surface area contributed by atoms with Crippen LogP contribution in [0.4, 0.5) is 0 Å². The van der Waals surface area contributed by atoms with Crippen molar-refractivity contribution in [2.45, 2.75) is 81.4 Å². The molecular formula is C26H34N2O3S. The summed E-state index contributed by atoms with van der Waals surface area (Å²) < 4.78 is 31.0. The molecule has 1 aromatic heterocycles. The van der Waals surface area contributed by atoms with Crippen molar-refractivity contribution in [1.29, 1.82) is 0 Å². The molecule has 1 aliphatic carbocycles. The molecule has 3 aliphatic rings. The van der Waals surface area contributed by atoms with Crippen LogP contribution >= 0.6 is 0 Å². The van der Waals surface area contributed by atoms with Gasteiger partial charge in [-0.3, -0.25) is 9.88 Å². The van der Waals surface area contributed by atoms with Crippen LogP contribution in [-0.4, -0.2) is 47.8 Å². The third-order valence-corrected chi connectivity index (χ3v) is 10.0. The summed E-state index contributed by atoms with van der Waals surface area (Å²) in [6.45, 7) is 8.12. The fourth-order valence-electron chi connectivity index (χ4n) is 5.06. The van der Waals surface area contributed by atoms with Gasteiger partial charge in [0.2, 0.25) is 0 Å². The van der Waals surface area contributed by atoms with Gasteiger partial charge in [0.1, 0.15) is 11.4 Å². The van der Waals surface area contributed by atoms with Crippen LogP contribution < -0.4 is 4.74 Å². The van der Waals surface area contributed by atoms with Crippen molar-refractivity contribution >= 4 is 9.84 Å². The van der Waals surface area contributed by atoms with Crippen LogP contribution in [0.1, 0.15) is 64.0 Å². The second kappa shape index (κ2) is 7.84. The number of hydrogen-bond acceptors (Lipinski definition) is 5. The topological polar surface area (TPSA) is 59.5 Å². The van der Waals surface area contributed by atoms with Gasteiger partial charge in [-0.2, -0.15) is 0 Å². The van der Waals surface area contributed by atoms with E-state index in [0.717, 1.165) is 61.3 Å². The molecule has 0 amide bonds. The summed E-state index contributed by atoms with van der Waals surface area (Å²) in [7, 11) is -3.12. The first-order valence-electron chi connectivity index (χ1n) is 11.9. The Morgan fingerprint density at radius 3 is 2.44 bits per heavy atom. The second-order valence-corrected chi connectivity index (χ2v) is 13.1. The number of fused-ring (bicyclic) bond motifs is 1. The Hall–Kier alpha value is -1.92. The molecule has 1 saturated carbocycles. The van der Waals surface area contributed by atoms with Gasteiger partial charge >= 0.3 is 0 Å². The van der Waals surface area contributed by atoms with Gasteiger partial charge < -0.3 is 4.74 Å². The maximum absolute atomic E-state index is 12.2. The van der Waals surface area contributed by atoms with Crippen LogP contribution in [-0.2, 0) is 22.0 Å². The molecule has 5 nitrogen and oxygen atoms in total. The van der Waals surface area contributed by atoms with E-state index < -0.39 is 9.84 Å². The Kier molecular flexibility index (Phi) is 5.37. The first kappa shape index (κ1) is 21.9. The Bertz CT molecular complexity index is 1100. The summed E-state index contributed by atoms with van der Waals surface area (Å²) in [5.41, 5.74) is 4.36. The quantitative estimate of drug-likeness (QED) is 0.650. The Labute approximate surface area is 192 Å². The molecule has 172 valence electrons. The van der Waals surface area contributed by atoms with E-state index in [-0.39, 0.29) is 16.6 Å². The van der Waals surface area contributed by atoms with Gasteiger partial charge in [-0.25, -0.2) is 8.42 Å². The number of aromatic nitrogens is 1. The van der Waals surface area contributed by atoms with E-state index in [1.165, 1.54) is 18.4 Å². The molecule has 0 N–H and O–H groups in total. The molecular weight excluding hydrogens is 420 g/mol. The van der Waals surface area contributed by atoms with Crippen LogP contribution in [0.15, 0.2) is 36.5 Å². The fraction of sp³-hybridized carbons (Fsp3) is 0.577. The van der Waals surface area contributed by atoms with Crippen molar-refractivity contribution in [2.24, 2.45) is 0 Å². The maximum atomic E-state index is 12.2. The number of benzene rings is 1. The molecule has 1 saturated heterocycles. The first-order chi connectivity index (χ1) is 15.2. The molecule has 3 heterocycles. The molecule has 32 heavy (non-hydrogen) atoms. The Morgan fingerprint density at radius 2 is 1.81 bits per heavy atom. The third kappa shape index (κ3) is 4.19. The van der Waals surface area contributed by atoms with Crippen LogP contribution in [0.5, 0.6) is 5.75 Å². The molecule has 2 aromatic rings. The second-order valence-electron chi connectivity index (χ2n) is 10.5. The van der Waals surface area contributed by atoms with Crippen LogP contribution in [0, 0.1) is 0 Å². The molecule has 0 radical (unpaired) electrons. The highest BCUT2D eigenvalue weighted by atomic mass is 32.2. The summed E-state index contributed by atoms with van der Waals surface area (Å²) in [6, 6.07) is 10.2. The number of aryl methyl sites for hydroxylation is 1. The van der Waals surface area contributed by atoms with E-state index in [9.17, 15) is 8.42 Å². The van der Waals surface area contributed by atoms with Gasteiger partial charge in [0.25, 0.3) is 0 Å². The smallest absolute Gasteiger partial charge is 0.156 e. The van der Waals surface area contributed by atoms with E-state index in [4.69, 9.17) is 4.74 Å². The average Bonchev–Trinajstić information content (AvgIpc) is 3.52. The van der Waals surface area contributed by atoms with Gasteiger partial charge in [0, 0.05) is 30.4 Å². The van der Waals surface area contributed by atoms with E-state index in [1.54, 1.807) is 20.0 Å². The lowest BCUT2D eigenvalue weighted by Gasteiger charge is -2.46. The number of rotatable bonds is 5. The van der Waals surface area contributed by atoms with Crippen molar-refractivity contribution in [3.05, 3.63) is 47.7 Å². The number of sulfone groups is 1. The highest BCUT2D eigenvalue weighted by Crippen LogP contribution is 2.46. The standard InChI is InChI=1S/C26H34N2O3S/c1-19(2)32(29,30)18-20-4-6-23(27-17-20)21-5-7-24-22(16-21)8-9-26(31-24)12-14-28(15-13-26)25(3)10-11-25/h4-7,16-17,19H,8-15,18H2,1-3H3. The van der Waals surface area contributed by atoms with Crippen LogP contribution in [0.2, 0.25) is 0 Å². The van der Waals surface area contributed by atoms with Gasteiger partial charge in [-0.1, -0.05) is 6.07 Å². The summed E-state index contributed by atoms with van der Waals surface area (Å²) >= 11 is 0. The summed E-state index contributed by atoms with van der Waals surface area (Å²) in [5, 5.41) is -0.379. The molecule has 1 aromatic carbocycles. The molecule has 2 aliphatic heterocycles. The zero-order valence-electron chi connectivity index (χ0n) is 19.4. The monoisotopic (exact) mass is 454 g/mol. The predicted molar refractivity (Wildman–Crippen MR) is 128 cm³/mol. The summed E-state index contributed by atoms with van der Waals surface area (Å²) in [6.07, 6.45) is 8.72. The normalized spacial score (nSPS) is 21.9. The lowest BCUT2D eigenvalue weighted by Crippen LogP contribution is -2.52. The molecule has 2 fully saturated rings. The molecule has 5 rings (SSSR count). The van der Waals surface area contributed by atoms with Crippen molar-refractivity contribution in [2.75, 3.05) is 13.1 Å². The number of pyridine rings is 1. The highest BCUT2D eigenvalue weighted by Gasteiger charge is 2.48. The highest BCUT2D eigenvalue weighted by molar-refractivity contribution is 7.91. The van der Waals surface area contributed by atoms with E-state index in [0.29, 0.717) is 5.54 Å². The predicted octanol–water partition coefficient (Wildman–Crippen LogP) is 4.78. The average molecular weight is 455 g/mol. The molecule has 6 heteroatoms. The Balaban J connectivity index is 1.27. The first-order valence-corrected chi connectivity index (χ1v) is 13.6. The van der Waals surface area contributed by atoms with Crippen molar-refractivity contribution < 1.29 is 13.2 Å². The number of likely N-dealkylation sites (tertiary alicyclic amines) is 1. The number of piperidine rings is 1. The van der Waals surface area contributed by atoms with Crippen molar-refractivity contribution in [3.8, 4) is 17.0 Å². The van der Waals surface area contributed by atoms with E-state index in [2.05, 4.69) is 35.0 Å². The molecule has 0 bridgehead atoms. The van der Waals surface area contributed by atoms with Crippen molar-refractivity contribution in [1.82, 2.24) is 9.88 Å². The van der Waals surface area contributed by atoms with Gasteiger partial charge in [0.05, 0.1) is 16.7 Å². The van der Waals surface area contributed by atoms with Crippen LogP contribution in [0.3, 0.4) is 0 Å². The summed E-state index contributed by atoms with van der Waals surface area (Å²) in [4.78, 5) is 7.22. The lowest BCUT2D eigenvalue weighted by molar-refractivity contribution is -0.0261. The SMILES string of the molecule is CC(C)S(=O)(=O)Cc1ccc(-c2ccc3c(c2)CCC2(CCN(C4(C)CC4)CC2)O3)nc1. The fourth-order valence-corrected chi connectivity index (χ4v) is 6.03. The minimum Gasteiger partial charge on any atom is -0.487 e. The molecule has 1 spiro atoms. The third-order valence-electron chi connectivity index (χ3n) is 7.86. The minimum absolute atomic E-state index is 0.00191. The van der Waals surface area contributed by atoms with Crippen molar-refractivity contribution in [3.63, 3.8) is 0 Å². The van der Waals surface area contributed by atoms with Gasteiger partial charge in [-0.05, 0) is 94.7 Å². The van der Waals surface area contributed by atoms with E-state index >= 15 is 0 Å². The Morgan fingerprint density at radius 1 is 1.06 bits per heavy atom. The van der Waals surface area contributed by atoms with E-state index in [1.807, 2.05) is 12.1 Å². The summed E-state index contributed by atoms with van der Waals surface area (Å²) in [5.74, 6) is 1.06. The zero-order valence-corrected chi connectivity index (χ0v) is 20.2. The molecule has 0 unspecified atom stereocenters. The van der Waals surface area contributed by atoms with Gasteiger partial charge in [0.15, 0.2) is 9.84 Å². The number of ether oxygens (including phenoxy) is 1. The van der Waals surface area contributed by atoms with Gasteiger partial charge in [-0.15, -0.1) is 0 Å². The lowest BCUT2D eigenvalue weighted by atomic mass is 9.82. The molecule has 0 atom stereocenters. The number of hydrogen-bond donors (Lipinski definition) is 0.